The number of aromatic nitrogens is 2. The summed E-state index contributed by atoms with van der Waals surface area (Å²) in [6.07, 6.45) is -3.30. The molecule has 1 aromatic heterocycles. The third-order valence-electron chi connectivity index (χ3n) is 2.94. The fourth-order valence-corrected chi connectivity index (χ4v) is 1.80. The number of carbonyl (C=O) groups excluding carboxylic acids is 1. The molecule has 0 aliphatic rings. The molecule has 0 bridgehead atoms. The Labute approximate surface area is 134 Å². The van der Waals surface area contributed by atoms with Crippen molar-refractivity contribution in [2.45, 2.75) is 20.0 Å². The molecule has 0 radical (unpaired) electrons. The Hall–Kier alpha value is -2.97. The van der Waals surface area contributed by atoms with Crippen LogP contribution in [0, 0.1) is 0 Å². The van der Waals surface area contributed by atoms with E-state index in [-0.39, 0.29) is 11.5 Å². The van der Waals surface area contributed by atoms with Gasteiger partial charge in [-0.25, -0.2) is 4.68 Å². The molecule has 6 nitrogen and oxygen atoms in total. The second kappa shape index (κ2) is 6.65. The zero-order valence-corrected chi connectivity index (χ0v) is 12.7. The molecule has 0 aliphatic carbocycles. The average Bonchev–Trinajstić information content (AvgIpc) is 2.97. The Bertz CT molecular complexity index is 801. The molecule has 0 spiro atoms. The van der Waals surface area contributed by atoms with Gasteiger partial charge in [0.15, 0.2) is 17.2 Å². The van der Waals surface area contributed by atoms with Crippen LogP contribution in [0.2, 0.25) is 0 Å². The van der Waals surface area contributed by atoms with E-state index >= 15 is 0 Å². The summed E-state index contributed by atoms with van der Waals surface area (Å²) in [5.41, 5.74) is -0.381. The van der Waals surface area contributed by atoms with Gasteiger partial charge in [-0.2, -0.15) is 23.4 Å². The number of benzene rings is 1. The van der Waals surface area contributed by atoms with E-state index in [9.17, 15) is 23.1 Å². The topological polar surface area (TPSA) is 79.8 Å². The van der Waals surface area contributed by atoms with Gasteiger partial charge < -0.3 is 5.11 Å². The summed E-state index contributed by atoms with van der Waals surface area (Å²) in [5, 5.41) is 20.2. The van der Waals surface area contributed by atoms with Crippen molar-refractivity contribution in [3.05, 3.63) is 53.7 Å². The molecule has 0 atom stereocenters. The van der Waals surface area contributed by atoms with Gasteiger partial charge >= 0.3 is 6.18 Å². The first-order valence-electron chi connectivity index (χ1n) is 6.74. The van der Waals surface area contributed by atoms with Crippen LogP contribution in [0.25, 0.3) is 5.69 Å². The lowest BCUT2D eigenvalue weighted by Gasteiger charge is -2.03. The van der Waals surface area contributed by atoms with Crippen LogP contribution in [0.3, 0.4) is 0 Å². The van der Waals surface area contributed by atoms with Crippen molar-refractivity contribution in [3.8, 4) is 5.69 Å². The molecule has 126 valence electrons. The first kappa shape index (κ1) is 17.4. The zero-order chi connectivity index (χ0) is 17.9. The first-order chi connectivity index (χ1) is 11.2. The highest BCUT2D eigenvalue weighted by molar-refractivity contribution is 5.93. The van der Waals surface area contributed by atoms with Gasteiger partial charge in [0, 0.05) is 13.1 Å². The van der Waals surface area contributed by atoms with E-state index in [1.165, 1.54) is 44.3 Å². The Morgan fingerprint density at radius 3 is 2.25 bits per heavy atom. The maximum atomic E-state index is 12.5. The quantitative estimate of drug-likeness (QED) is 0.511. The molecule has 1 N–H and O–H groups in total. The molecule has 0 saturated heterocycles. The molecule has 1 heterocycles. The molecule has 9 heteroatoms. The third kappa shape index (κ3) is 4.06. The van der Waals surface area contributed by atoms with Crippen molar-refractivity contribution in [1.82, 2.24) is 9.78 Å². The second-order valence-electron chi connectivity index (χ2n) is 4.85. The molecule has 2 rings (SSSR count). The normalized spacial score (nSPS) is 13.2. The summed E-state index contributed by atoms with van der Waals surface area (Å²) in [5.74, 6) is -0.689. The third-order valence-corrected chi connectivity index (χ3v) is 2.94. The van der Waals surface area contributed by atoms with Gasteiger partial charge in [-0.15, -0.1) is 5.11 Å². The molecular formula is C15H13F3N4O2. The van der Waals surface area contributed by atoms with E-state index in [4.69, 9.17) is 0 Å². The van der Waals surface area contributed by atoms with Gasteiger partial charge in [-0.3, -0.25) is 4.79 Å². The van der Waals surface area contributed by atoms with E-state index < -0.39 is 17.7 Å². The zero-order valence-electron chi connectivity index (χ0n) is 12.7. The maximum Gasteiger partial charge on any atom is 0.435 e. The molecular weight excluding hydrogens is 325 g/mol. The number of allylic oxidation sites excluding steroid dienone is 2. The van der Waals surface area contributed by atoms with Crippen molar-refractivity contribution >= 4 is 11.5 Å². The minimum Gasteiger partial charge on any atom is -0.510 e. The monoisotopic (exact) mass is 338 g/mol. The number of ketones is 1. The van der Waals surface area contributed by atoms with E-state index in [0.29, 0.717) is 11.4 Å². The summed E-state index contributed by atoms with van der Waals surface area (Å²) in [7, 11) is 0. The van der Waals surface area contributed by atoms with Gasteiger partial charge in [0.05, 0.1) is 11.4 Å². The van der Waals surface area contributed by atoms with Crippen molar-refractivity contribution in [3.63, 3.8) is 0 Å². The molecule has 0 unspecified atom stereocenters. The van der Waals surface area contributed by atoms with E-state index in [1.54, 1.807) is 0 Å². The van der Waals surface area contributed by atoms with Crippen LogP contribution in [0.1, 0.15) is 19.5 Å². The average molecular weight is 338 g/mol. The highest BCUT2D eigenvalue weighted by Crippen LogP contribution is 2.28. The van der Waals surface area contributed by atoms with Crippen LogP contribution in [-0.4, -0.2) is 20.7 Å². The van der Waals surface area contributed by atoms with Crippen LogP contribution in [-0.2, 0) is 11.0 Å². The number of carbonyl (C=O) groups is 1. The van der Waals surface area contributed by atoms with Gasteiger partial charge in [0.2, 0.25) is 0 Å². The maximum absolute atomic E-state index is 12.5. The SMILES string of the molecule is CC(=O)C(N=Nc1ccc(-n2ccc(C(F)(F)F)n2)cc1)=C(C)O. The highest BCUT2D eigenvalue weighted by Gasteiger charge is 2.33. The van der Waals surface area contributed by atoms with E-state index in [2.05, 4.69) is 15.3 Å². The van der Waals surface area contributed by atoms with Crippen LogP contribution >= 0.6 is 0 Å². The summed E-state index contributed by atoms with van der Waals surface area (Å²) in [4.78, 5) is 11.3. The molecule has 0 aliphatic heterocycles. The van der Waals surface area contributed by atoms with Crippen molar-refractivity contribution < 1.29 is 23.1 Å². The van der Waals surface area contributed by atoms with Crippen LogP contribution in [0.5, 0.6) is 0 Å². The Morgan fingerprint density at radius 1 is 1.17 bits per heavy atom. The standard InChI is InChI=1S/C15H13F3N4O2/c1-9(23)14(10(2)24)20-19-11-3-5-12(6-4-11)22-8-7-13(21-22)15(16,17)18/h3-8,23H,1-2H3. The fraction of sp³-hybridized carbons (Fsp3) is 0.200. The molecule has 0 amide bonds. The minimum absolute atomic E-state index is 0.166. The van der Waals surface area contributed by atoms with Crippen molar-refractivity contribution in [2.75, 3.05) is 0 Å². The smallest absolute Gasteiger partial charge is 0.435 e. The predicted octanol–water partition coefficient (Wildman–Crippen LogP) is 4.35. The summed E-state index contributed by atoms with van der Waals surface area (Å²) in [6.45, 7) is 2.56. The number of Topliss-reactive ketones (excluding diaryl/α,β-unsaturated/α-hetero) is 1. The van der Waals surface area contributed by atoms with E-state index in [1.807, 2.05) is 0 Å². The fourth-order valence-electron chi connectivity index (χ4n) is 1.80. The number of azo groups is 1. The number of hydrogen-bond acceptors (Lipinski definition) is 5. The van der Waals surface area contributed by atoms with Gasteiger partial charge in [-0.1, -0.05) is 0 Å². The number of rotatable bonds is 4. The molecule has 0 fully saturated rings. The molecule has 2 aromatic rings. The summed E-state index contributed by atoms with van der Waals surface area (Å²) < 4.78 is 38.7. The number of alkyl halides is 3. The van der Waals surface area contributed by atoms with Crippen molar-refractivity contribution in [2.24, 2.45) is 10.2 Å². The predicted molar refractivity (Wildman–Crippen MR) is 79.1 cm³/mol. The largest absolute Gasteiger partial charge is 0.510 e. The number of hydrogen-bond donors (Lipinski definition) is 1. The lowest BCUT2D eigenvalue weighted by Crippen LogP contribution is -2.07. The van der Waals surface area contributed by atoms with Crippen molar-refractivity contribution in [1.29, 1.82) is 0 Å². The first-order valence-corrected chi connectivity index (χ1v) is 6.74. The summed E-state index contributed by atoms with van der Waals surface area (Å²) >= 11 is 0. The minimum atomic E-state index is -4.50. The van der Waals surface area contributed by atoms with Crippen LogP contribution in [0.15, 0.2) is 58.2 Å². The number of halogens is 3. The lowest BCUT2D eigenvalue weighted by atomic mass is 10.3. The van der Waals surface area contributed by atoms with Gasteiger partial charge in [-0.05, 0) is 37.3 Å². The Balaban J connectivity index is 2.21. The lowest BCUT2D eigenvalue weighted by molar-refractivity contribution is -0.141. The molecule has 24 heavy (non-hydrogen) atoms. The second-order valence-corrected chi connectivity index (χ2v) is 4.85. The van der Waals surface area contributed by atoms with Gasteiger partial charge in [0.25, 0.3) is 0 Å². The highest BCUT2D eigenvalue weighted by atomic mass is 19.4. The van der Waals surface area contributed by atoms with Crippen LogP contribution in [0.4, 0.5) is 18.9 Å². The van der Waals surface area contributed by atoms with E-state index in [0.717, 1.165) is 10.7 Å². The Morgan fingerprint density at radius 2 is 1.79 bits per heavy atom. The summed E-state index contributed by atoms with van der Waals surface area (Å²) in [6, 6.07) is 6.88. The number of nitrogens with zero attached hydrogens (tertiary/aromatic N) is 4. The number of aliphatic hydroxyl groups excluding tert-OH is 1. The molecule has 0 saturated carbocycles. The molecule has 1 aromatic carbocycles. The van der Waals surface area contributed by atoms with Crippen LogP contribution < -0.4 is 0 Å². The Kier molecular flexibility index (Phi) is 4.82. The number of aliphatic hydroxyl groups is 1. The van der Waals surface area contributed by atoms with Gasteiger partial charge in [0.1, 0.15) is 5.76 Å².